The molecule has 0 aliphatic rings. The highest BCUT2D eigenvalue weighted by Gasteiger charge is 2.48. The average molecular weight is 321 g/mol. The van der Waals surface area contributed by atoms with Crippen LogP contribution in [0.15, 0.2) is 0 Å². The molecule has 0 amide bonds. The van der Waals surface area contributed by atoms with Crippen LogP contribution in [-0.4, -0.2) is 14.5 Å². The topological polar surface area (TPSA) is 0 Å². The molecule has 0 radical (unpaired) electrons. The fraction of sp³-hybridized carbons (Fsp3) is 1.00. The molecule has 0 saturated heterocycles. The van der Waals surface area contributed by atoms with Gasteiger partial charge < -0.3 is 0 Å². The Labute approximate surface area is 84.5 Å². The summed E-state index contributed by atoms with van der Waals surface area (Å²) >= 11 is 15.5. The third kappa shape index (κ3) is 3.20. The molecule has 0 nitrogen and oxygen atoms in total. The normalized spacial score (nSPS) is 13.8. The maximum Gasteiger partial charge on any atom is 0.333 e. The minimum atomic E-state index is -3.24. The van der Waals surface area contributed by atoms with E-state index in [4.69, 9.17) is 23.2 Å². The second-order valence-electron chi connectivity index (χ2n) is 1.64. The molecular weight excluding hydrogens is 317 g/mol. The van der Waals surface area contributed by atoms with Gasteiger partial charge in [0.25, 0.3) is 0 Å². The highest BCUT2D eigenvalue weighted by molar-refractivity contribution is 9.10. The average Bonchev–Trinajstić information content (AvgIpc) is 1.61. The van der Waals surface area contributed by atoms with Gasteiger partial charge in [0.05, 0.1) is 0 Å². The first-order valence-electron chi connectivity index (χ1n) is 2.32. The SMILES string of the molecule is FC(F)(Br)C(Cl)(Cl)CCBr. The molecule has 0 fully saturated rings. The minimum absolute atomic E-state index is 0.0195. The molecule has 0 aromatic carbocycles. The van der Waals surface area contributed by atoms with Gasteiger partial charge in [0, 0.05) is 5.33 Å². The molecule has 0 aliphatic carbocycles. The summed E-state index contributed by atoms with van der Waals surface area (Å²) in [6.07, 6.45) is -0.0195. The van der Waals surface area contributed by atoms with Crippen LogP contribution in [0.25, 0.3) is 0 Å². The summed E-state index contributed by atoms with van der Waals surface area (Å²) in [5, 5.41) is 0.335. The van der Waals surface area contributed by atoms with Crippen molar-refractivity contribution in [3.05, 3.63) is 0 Å². The lowest BCUT2D eigenvalue weighted by Gasteiger charge is -2.23. The Morgan fingerprint density at radius 2 is 1.70 bits per heavy atom. The lowest BCUT2D eigenvalue weighted by Crippen LogP contribution is -2.32. The predicted molar refractivity (Wildman–Crippen MR) is 46.7 cm³/mol. The van der Waals surface area contributed by atoms with Gasteiger partial charge in [0.2, 0.25) is 0 Å². The van der Waals surface area contributed by atoms with E-state index in [-0.39, 0.29) is 6.42 Å². The monoisotopic (exact) mass is 318 g/mol. The van der Waals surface area contributed by atoms with E-state index in [2.05, 4.69) is 31.9 Å². The lowest BCUT2D eigenvalue weighted by molar-refractivity contribution is 0.0934. The van der Waals surface area contributed by atoms with Crippen LogP contribution in [0, 0.1) is 0 Å². The Kier molecular flexibility index (Phi) is 4.42. The quantitative estimate of drug-likeness (QED) is 0.691. The Morgan fingerprint density at radius 3 is 1.80 bits per heavy atom. The zero-order chi connectivity index (χ0) is 8.41. The van der Waals surface area contributed by atoms with E-state index in [0.29, 0.717) is 5.33 Å². The number of hydrogen-bond donors (Lipinski definition) is 0. The van der Waals surface area contributed by atoms with Gasteiger partial charge in [-0.2, -0.15) is 8.78 Å². The maximum atomic E-state index is 12.3. The number of halogens is 6. The van der Waals surface area contributed by atoms with E-state index in [0.717, 1.165) is 0 Å². The van der Waals surface area contributed by atoms with Crippen molar-refractivity contribution in [1.82, 2.24) is 0 Å². The van der Waals surface area contributed by atoms with Crippen LogP contribution in [0.5, 0.6) is 0 Å². The summed E-state index contributed by atoms with van der Waals surface area (Å²) in [4.78, 5) is -3.24. The molecular formula is C4H4Br2Cl2F2. The number of rotatable bonds is 3. The molecule has 0 N–H and O–H groups in total. The summed E-state index contributed by atoms with van der Waals surface area (Å²) in [7, 11) is 0. The summed E-state index contributed by atoms with van der Waals surface area (Å²) in [6.45, 7) is 0. The summed E-state index contributed by atoms with van der Waals surface area (Å²) < 4.78 is 22.6. The van der Waals surface area contributed by atoms with Crippen LogP contribution < -0.4 is 0 Å². The van der Waals surface area contributed by atoms with Crippen molar-refractivity contribution in [3.63, 3.8) is 0 Å². The fourth-order valence-corrected chi connectivity index (χ4v) is 1.70. The van der Waals surface area contributed by atoms with Gasteiger partial charge in [0.1, 0.15) is 0 Å². The van der Waals surface area contributed by atoms with Crippen molar-refractivity contribution in [1.29, 1.82) is 0 Å². The molecule has 0 spiro atoms. The van der Waals surface area contributed by atoms with Gasteiger partial charge in [-0.3, -0.25) is 0 Å². The van der Waals surface area contributed by atoms with Crippen LogP contribution >= 0.6 is 55.1 Å². The molecule has 0 bridgehead atoms. The standard InChI is InChI=1S/C4H4Br2Cl2F2/c5-2-1-3(7,8)4(6,9)10/h1-2H2. The Bertz CT molecular complexity index is 112. The molecule has 62 valence electrons. The zero-order valence-electron chi connectivity index (χ0n) is 4.68. The molecule has 0 aromatic rings. The van der Waals surface area contributed by atoms with Gasteiger partial charge in [-0.15, -0.1) is 0 Å². The third-order valence-corrected chi connectivity index (χ3v) is 3.21. The highest BCUT2D eigenvalue weighted by atomic mass is 79.9. The van der Waals surface area contributed by atoms with E-state index in [1.807, 2.05) is 0 Å². The molecule has 6 heteroatoms. The summed E-state index contributed by atoms with van der Waals surface area (Å²) in [6, 6.07) is 0. The first-order valence-corrected chi connectivity index (χ1v) is 4.99. The van der Waals surface area contributed by atoms with Crippen molar-refractivity contribution in [3.8, 4) is 0 Å². The largest absolute Gasteiger partial charge is 0.333 e. The van der Waals surface area contributed by atoms with Crippen molar-refractivity contribution < 1.29 is 8.78 Å². The van der Waals surface area contributed by atoms with Gasteiger partial charge in [-0.05, 0) is 22.4 Å². The molecule has 0 rings (SSSR count). The molecule has 0 atom stereocenters. The highest BCUT2D eigenvalue weighted by Crippen LogP contribution is 2.45. The van der Waals surface area contributed by atoms with E-state index < -0.39 is 9.17 Å². The smallest absolute Gasteiger partial charge is 0.190 e. The van der Waals surface area contributed by atoms with Crippen molar-refractivity contribution in [2.45, 2.75) is 15.6 Å². The maximum absolute atomic E-state index is 12.3. The molecule has 10 heavy (non-hydrogen) atoms. The molecule has 0 aliphatic heterocycles. The van der Waals surface area contributed by atoms with E-state index >= 15 is 0 Å². The van der Waals surface area contributed by atoms with Gasteiger partial charge in [-0.25, -0.2) is 0 Å². The van der Waals surface area contributed by atoms with Gasteiger partial charge in [-0.1, -0.05) is 39.1 Å². The zero-order valence-corrected chi connectivity index (χ0v) is 9.37. The van der Waals surface area contributed by atoms with E-state index in [1.54, 1.807) is 0 Å². The van der Waals surface area contributed by atoms with Crippen LogP contribution in [0.2, 0.25) is 0 Å². The first-order chi connectivity index (χ1) is 4.31. The van der Waals surface area contributed by atoms with Crippen molar-refractivity contribution in [2.75, 3.05) is 5.33 Å². The molecule has 0 unspecified atom stereocenters. The van der Waals surface area contributed by atoms with Gasteiger partial charge in [0.15, 0.2) is 4.33 Å². The second kappa shape index (κ2) is 3.87. The summed E-state index contributed by atoms with van der Waals surface area (Å²) in [5.74, 6) is 0. The van der Waals surface area contributed by atoms with Crippen LogP contribution in [0.1, 0.15) is 6.42 Å². The molecule has 0 saturated carbocycles. The van der Waals surface area contributed by atoms with Crippen molar-refractivity contribution in [2.24, 2.45) is 0 Å². The van der Waals surface area contributed by atoms with Crippen LogP contribution in [0.3, 0.4) is 0 Å². The van der Waals surface area contributed by atoms with Gasteiger partial charge >= 0.3 is 4.83 Å². The first kappa shape index (κ1) is 11.4. The minimum Gasteiger partial charge on any atom is -0.190 e. The number of alkyl halides is 6. The number of hydrogen-bond acceptors (Lipinski definition) is 0. The fourth-order valence-electron chi connectivity index (χ4n) is 0.260. The third-order valence-electron chi connectivity index (χ3n) is 0.823. The second-order valence-corrected chi connectivity index (χ2v) is 4.91. The van der Waals surface area contributed by atoms with Crippen LogP contribution in [0.4, 0.5) is 8.78 Å². The predicted octanol–water partition coefficient (Wildman–Crippen LogP) is 3.93. The summed E-state index contributed by atoms with van der Waals surface area (Å²) in [5.41, 5.74) is 0. The molecule has 0 heterocycles. The lowest BCUT2D eigenvalue weighted by atomic mass is 10.3. The van der Waals surface area contributed by atoms with Crippen LogP contribution in [-0.2, 0) is 0 Å². The van der Waals surface area contributed by atoms with Crippen molar-refractivity contribution >= 4 is 55.1 Å². The van der Waals surface area contributed by atoms with E-state index in [9.17, 15) is 8.78 Å². The Balaban J connectivity index is 4.10. The Morgan fingerprint density at radius 1 is 1.30 bits per heavy atom. The Hall–Kier alpha value is 1.40. The molecule has 0 aromatic heterocycles. The van der Waals surface area contributed by atoms with E-state index in [1.165, 1.54) is 0 Å².